The van der Waals surface area contributed by atoms with Gasteiger partial charge in [0.25, 0.3) is 0 Å². The summed E-state index contributed by atoms with van der Waals surface area (Å²) < 4.78 is 5.72. The second kappa shape index (κ2) is 11.1. The topological polar surface area (TPSA) is 65.9 Å². The van der Waals surface area contributed by atoms with E-state index in [0.717, 1.165) is 35.8 Å². The van der Waals surface area contributed by atoms with Gasteiger partial charge < -0.3 is 20.5 Å². The average Bonchev–Trinajstić information content (AvgIpc) is 2.67. The Bertz CT molecular complexity index is 724. The molecule has 2 unspecified atom stereocenters. The van der Waals surface area contributed by atoms with Crippen molar-refractivity contribution in [3.05, 3.63) is 65.7 Å². The van der Waals surface area contributed by atoms with Crippen LogP contribution < -0.4 is 15.4 Å². The van der Waals surface area contributed by atoms with Gasteiger partial charge in [-0.15, -0.1) is 24.0 Å². The molecule has 0 aliphatic carbocycles. The van der Waals surface area contributed by atoms with E-state index in [4.69, 9.17) is 4.74 Å². The van der Waals surface area contributed by atoms with Crippen LogP contribution in [0.5, 0.6) is 5.75 Å². The molecule has 3 N–H and O–H groups in total. The molecule has 0 amide bonds. The van der Waals surface area contributed by atoms with E-state index >= 15 is 0 Å². The first-order chi connectivity index (χ1) is 12.8. The lowest BCUT2D eigenvalue weighted by Gasteiger charge is -2.28. The van der Waals surface area contributed by atoms with Crippen LogP contribution in [-0.2, 0) is 6.42 Å². The van der Waals surface area contributed by atoms with Crippen molar-refractivity contribution in [2.45, 2.75) is 31.9 Å². The van der Waals surface area contributed by atoms with Gasteiger partial charge in [-0.1, -0.05) is 48.5 Å². The van der Waals surface area contributed by atoms with E-state index in [9.17, 15) is 5.11 Å². The first kappa shape index (κ1) is 21.5. The van der Waals surface area contributed by atoms with Crippen molar-refractivity contribution in [3.8, 4) is 5.75 Å². The number of aliphatic hydroxyl groups is 1. The zero-order chi connectivity index (χ0) is 18.2. The smallest absolute Gasteiger partial charge is 0.191 e. The third-order valence-electron chi connectivity index (χ3n) is 4.39. The molecule has 0 saturated heterocycles. The molecule has 2 aromatic rings. The van der Waals surface area contributed by atoms with E-state index < -0.39 is 6.10 Å². The Kier molecular flexibility index (Phi) is 8.87. The molecule has 1 aliphatic heterocycles. The fourth-order valence-electron chi connectivity index (χ4n) is 3.12. The third-order valence-corrected chi connectivity index (χ3v) is 4.39. The summed E-state index contributed by atoms with van der Waals surface area (Å²) in [7, 11) is 0. The summed E-state index contributed by atoms with van der Waals surface area (Å²) in [5.74, 6) is 1.65. The van der Waals surface area contributed by atoms with Gasteiger partial charge in [-0.25, -0.2) is 0 Å². The minimum atomic E-state index is -0.505. The van der Waals surface area contributed by atoms with Crippen LogP contribution in [0.4, 0.5) is 0 Å². The Morgan fingerprint density at radius 3 is 2.70 bits per heavy atom. The van der Waals surface area contributed by atoms with Crippen molar-refractivity contribution in [1.29, 1.82) is 0 Å². The number of nitrogens with one attached hydrogen (secondary N) is 2. The Labute approximate surface area is 178 Å². The maximum Gasteiger partial charge on any atom is 0.191 e. The zero-order valence-corrected chi connectivity index (χ0v) is 17.9. The Hall–Kier alpha value is -1.80. The van der Waals surface area contributed by atoms with Gasteiger partial charge in [-0.2, -0.15) is 0 Å². The fourth-order valence-corrected chi connectivity index (χ4v) is 3.12. The van der Waals surface area contributed by atoms with Gasteiger partial charge in [0.05, 0.1) is 25.3 Å². The zero-order valence-electron chi connectivity index (χ0n) is 15.6. The highest BCUT2D eigenvalue weighted by molar-refractivity contribution is 14.0. The Morgan fingerprint density at radius 1 is 1.19 bits per heavy atom. The van der Waals surface area contributed by atoms with Crippen LogP contribution in [0.15, 0.2) is 59.6 Å². The van der Waals surface area contributed by atoms with Crippen molar-refractivity contribution in [3.63, 3.8) is 0 Å². The van der Waals surface area contributed by atoms with Crippen molar-refractivity contribution in [2.75, 3.05) is 19.7 Å². The van der Waals surface area contributed by atoms with Gasteiger partial charge in [0.15, 0.2) is 5.96 Å². The number of guanidine groups is 1. The summed E-state index contributed by atoms with van der Waals surface area (Å²) in [6.07, 6.45) is 0.979. The molecule has 5 nitrogen and oxygen atoms in total. The number of ether oxygens (including phenoxy) is 1. The average molecular weight is 481 g/mol. The second-order valence-corrected chi connectivity index (χ2v) is 6.44. The van der Waals surface area contributed by atoms with Crippen molar-refractivity contribution >= 4 is 29.9 Å². The summed E-state index contributed by atoms with van der Waals surface area (Å²) in [5.41, 5.74) is 2.26. The molecule has 0 fully saturated rings. The van der Waals surface area contributed by atoms with Crippen LogP contribution in [0.2, 0.25) is 0 Å². The summed E-state index contributed by atoms with van der Waals surface area (Å²) in [6, 6.07) is 18.2. The molecule has 0 bridgehead atoms. The molecule has 27 heavy (non-hydrogen) atoms. The largest absolute Gasteiger partial charge is 0.493 e. The summed E-state index contributed by atoms with van der Waals surface area (Å²) in [5, 5.41) is 17.0. The lowest BCUT2D eigenvalue weighted by Crippen LogP contribution is -2.41. The molecule has 6 heteroatoms. The maximum atomic E-state index is 10.3. The van der Waals surface area contributed by atoms with Gasteiger partial charge in [-0.05, 0) is 18.6 Å². The number of hydrogen-bond donors (Lipinski definition) is 3. The van der Waals surface area contributed by atoms with E-state index in [1.807, 2.05) is 55.5 Å². The van der Waals surface area contributed by atoms with Crippen LogP contribution in [0.25, 0.3) is 0 Å². The number of para-hydroxylation sites is 1. The minimum absolute atomic E-state index is 0. The number of nitrogens with zero attached hydrogens (tertiary/aromatic N) is 1. The number of halogens is 1. The lowest BCUT2D eigenvalue weighted by atomic mass is 10.0. The number of benzene rings is 2. The normalized spacial score (nSPS) is 17.1. The summed E-state index contributed by atoms with van der Waals surface area (Å²) in [6.45, 7) is 3.85. The molecule has 3 rings (SSSR count). The Morgan fingerprint density at radius 2 is 1.93 bits per heavy atom. The van der Waals surface area contributed by atoms with Crippen LogP contribution >= 0.6 is 24.0 Å². The third kappa shape index (κ3) is 6.39. The van der Waals surface area contributed by atoms with Gasteiger partial charge in [0.2, 0.25) is 0 Å². The van der Waals surface area contributed by atoms with Crippen LogP contribution in [0.3, 0.4) is 0 Å². The lowest BCUT2D eigenvalue weighted by molar-refractivity contribution is 0.183. The molecular formula is C21H28IN3O2. The molecule has 2 atom stereocenters. The molecule has 0 aromatic heterocycles. The highest BCUT2D eigenvalue weighted by atomic mass is 127. The number of aliphatic hydroxyl groups excluding tert-OH is 1. The SMILES string of the molecule is CCNC(=NCC(O)Cc1ccccc1)NC1CCOc2ccccc21.I. The van der Waals surface area contributed by atoms with Gasteiger partial charge in [0, 0.05) is 24.9 Å². The van der Waals surface area contributed by atoms with Gasteiger partial charge in [0.1, 0.15) is 5.75 Å². The monoisotopic (exact) mass is 481 g/mol. The molecule has 146 valence electrons. The van der Waals surface area contributed by atoms with Gasteiger partial charge >= 0.3 is 0 Å². The highest BCUT2D eigenvalue weighted by Crippen LogP contribution is 2.31. The number of aliphatic imine (C=N–C) groups is 1. The first-order valence-electron chi connectivity index (χ1n) is 9.25. The van der Waals surface area contributed by atoms with Crippen molar-refractivity contribution in [2.24, 2.45) is 4.99 Å². The summed E-state index contributed by atoms with van der Waals surface area (Å²) in [4.78, 5) is 4.58. The predicted molar refractivity (Wildman–Crippen MR) is 120 cm³/mol. The molecule has 0 radical (unpaired) electrons. The summed E-state index contributed by atoms with van der Waals surface area (Å²) >= 11 is 0. The highest BCUT2D eigenvalue weighted by Gasteiger charge is 2.21. The molecule has 1 heterocycles. The van der Waals surface area contributed by atoms with Crippen molar-refractivity contribution in [1.82, 2.24) is 10.6 Å². The van der Waals surface area contributed by atoms with Crippen LogP contribution in [0, 0.1) is 0 Å². The first-order valence-corrected chi connectivity index (χ1v) is 9.25. The van der Waals surface area contributed by atoms with Gasteiger partial charge in [-0.3, -0.25) is 4.99 Å². The fraction of sp³-hybridized carbons (Fsp3) is 0.381. The van der Waals surface area contributed by atoms with Crippen LogP contribution in [-0.4, -0.2) is 36.9 Å². The van der Waals surface area contributed by atoms with E-state index in [0.29, 0.717) is 19.6 Å². The molecular weight excluding hydrogens is 453 g/mol. The molecule has 1 aliphatic rings. The number of fused-ring (bicyclic) bond motifs is 1. The van der Waals surface area contributed by atoms with E-state index in [-0.39, 0.29) is 30.0 Å². The molecule has 0 spiro atoms. The Balaban J connectivity index is 0.00000261. The van der Waals surface area contributed by atoms with Crippen LogP contribution in [0.1, 0.15) is 30.5 Å². The number of hydrogen-bond acceptors (Lipinski definition) is 3. The molecule has 0 saturated carbocycles. The van der Waals surface area contributed by atoms with Crippen molar-refractivity contribution < 1.29 is 9.84 Å². The maximum absolute atomic E-state index is 10.3. The van der Waals surface area contributed by atoms with E-state index in [1.54, 1.807) is 0 Å². The second-order valence-electron chi connectivity index (χ2n) is 6.44. The molecule has 2 aromatic carbocycles. The standard InChI is InChI=1S/C21H27N3O2.HI/c1-2-22-21(23-15-17(25)14-16-8-4-3-5-9-16)24-19-12-13-26-20-11-7-6-10-18(19)20;/h3-11,17,19,25H,2,12-15H2,1H3,(H2,22,23,24);1H. The van der Waals surface area contributed by atoms with E-state index in [1.165, 1.54) is 0 Å². The quantitative estimate of drug-likeness (QED) is 0.337. The minimum Gasteiger partial charge on any atom is -0.493 e. The van der Waals surface area contributed by atoms with E-state index in [2.05, 4.69) is 21.7 Å². The number of rotatable bonds is 6. The predicted octanol–water partition coefficient (Wildman–Crippen LogP) is 3.29.